The standard InChI is InChI=1S/C22H33F5S.5FH/c1-2-3-4-17-5-7-18(8-6-17)19-9-11-20(12-10-19)21-13-15-22(16-14-21)28(23,24,25,26)27;;;;;/h13-20H,2-12H2,1H3;5*1H. The Kier molecular flexibility index (Phi) is 13.8. The van der Waals surface area contributed by atoms with E-state index in [4.69, 9.17) is 0 Å². The Morgan fingerprint density at radius 3 is 1.48 bits per heavy atom. The molecule has 0 radical (unpaired) electrons. The normalized spacial score (nSPS) is 27.0. The third kappa shape index (κ3) is 9.94. The topological polar surface area (TPSA) is 0 Å². The monoisotopic (exact) mass is 524 g/mol. The third-order valence-electron chi connectivity index (χ3n) is 7.09. The lowest BCUT2D eigenvalue weighted by Crippen LogP contribution is -2.25. The minimum atomic E-state index is -9.56. The highest BCUT2D eigenvalue weighted by Crippen LogP contribution is 3.02. The van der Waals surface area contributed by atoms with Crippen molar-refractivity contribution >= 4 is 10.2 Å². The van der Waals surface area contributed by atoms with Crippen LogP contribution in [0, 0.1) is 17.8 Å². The average molecular weight is 525 g/mol. The molecule has 2 aliphatic carbocycles. The van der Waals surface area contributed by atoms with Crippen LogP contribution in [0.2, 0.25) is 0 Å². The molecular weight excluding hydrogens is 486 g/mol. The molecule has 0 amide bonds. The van der Waals surface area contributed by atoms with Crippen LogP contribution in [0.5, 0.6) is 0 Å². The number of unbranched alkanes of at least 4 members (excludes halogenated alkanes) is 1. The Morgan fingerprint density at radius 2 is 1.09 bits per heavy atom. The Balaban J connectivity index is -0.00000180. The smallest absolute Gasteiger partial charge is 0.269 e. The van der Waals surface area contributed by atoms with E-state index >= 15 is 0 Å². The Morgan fingerprint density at radius 1 is 0.667 bits per heavy atom. The van der Waals surface area contributed by atoms with Crippen molar-refractivity contribution < 1.29 is 43.0 Å². The zero-order valence-electron chi connectivity index (χ0n) is 18.7. The molecule has 0 spiro atoms. The van der Waals surface area contributed by atoms with Crippen LogP contribution in [0.1, 0.15) is 89.0 Å². The molecule has 1 aromatic carbocycles. The summed E-state index contributed by atoms with van der Waals surface area (Å²) in [5.74, 6) is 2.63. The first-order chi connectivity index (χ1) is 13.0. The molecule has 0 bridgehead atoms. The zero-order chi connectivity index (χ0) is 20.5. The molecule has 0 saturated heterocycles. The second-order valence-electron chi connectivity index (χ2n) is 9.07. The predicted molar refractivity (Wildman–Crippen MR) is 120 cm³/mol. The minimum Gasteiger partial charge on any atom is -0.269 e. The van der Waals surface area contributed by atoms with E-state index in [1.165, 1.54) is 57.1 Å². The van der Waals surface area contributed by atoms with Crippen molar-refractivity contribution in [3.05, 3.63) is 29.8 Å². The van der Waals surface area contributed by atoms with Crippen LogP contribution in [0.4, 0.5) is 43.0 Å². The van der Waals surface area contributed by atoms with Gasteiger partial charge in [0.25, 0.3) is 0 Å². The molecule has 0 atom stereocenters. The number of benzene rings is 1. The van der Waals surface area contributed by atoms with E-state index in [9.17, 15) is 19.4 Å². The number of hydrogen-bond donors (Lipinski definition) is 0. The van der Waals surface area contributed by atoms with Crippen LogP contribution in [0.25, 0.3) is 0 Å². The summed E-state index contributed by atoms with van der Waals surface area (Å²) in [6.45, 7) is 2.24. The fraction of sp³-hybridized carbons (Fsp3) is 0.727. The van der Waals surface area contributed by atoms with E-state index in [2.05, 4.69) is 6.92 Å². The van der Waals surface area contributed by atoms with Crippen LogP contribution in [-0.4, -0.2) is 0 Å². The van der Waals surface area contributed by atoms with Crippen LogP contribution in [0.15, 0.2) is 29.2 Å². The summed E-state index contributed by atoms with van der Waals surface area (Å²) < 4.78 is 64.4. The molecule has 33 heavy (non-hydrogen) atoms. The van der Waals surface area contributed by atoms with E-state index in [1.807, 2.05) is 0 Å². The Bertz CT molecular complexity index is 646. The van der Waals surface area contributed by atoms with E-state index in [1.54, 1.807) is 0 Å². The van der Waals surface area contributed by atoms with E-state index in [-0.39, 0.29) is 29.4 Å². The molecule has 0 nitrogen and oxygen atoms in total. The van der Waals surface area contributed by atoms with Gasteiger partial charge in [0.1, 0.15) is 4.90 Å². The molecule has 202 valence electrons. The molecule has 2 saturated carbocycles. The number of hydrogen-bond acceptors (Lipinski definition) is 0. The maximum absolute atomic E-state index is 12.9. The molecule has 0 N–H and O–H groups in total. The van der Waals surface area contributed by atoms with Gasteiger partial charge in [-0.25, -0.2) is 0 Å². The van der Waals surface area contributed by atoms with Gasteiger partial charge >= 0.3 is 10.2 Å². The van der Waals surface area contributed by atoms with Gasteiger partial charge in [0.15, 0.2) is 0 Å². The number of halogens is 10. The van der Waals surface area contributed by atoms with Gasteiger partial charge in [-0.1, -0.05) is 70.6 Å². The Labute approximate surface area is 189 Å². The molecule has 2 fully saturated rings. The summed E-state index contributed by atoms with van der Waals surface area (Å²) in [5.41, 5.74) is 0.771. The summed E-state index contributed by atoms with van der Waals surface area (Å²) >= 11 is 0. The van der Waals surface area contributed by atoms with Crippen LogP contribution in [0.3, 0.4) is 0 Å². The highest BCUT2D eigenvalue weighted by molar-refractivity contribution is 8.45. The van der Waals surface area contributed by atoms with Gasteiger partial charge in [-0.15, -0.1) is 0 Å². The highest BCUT2D eigenvalue weighted by atomic mass is 32.5. The van der Waals surface area contributed by atoms with Crippen molar-refractivity contribution in [3.63, 3.8) is 0 Å². The molecule has 0 aromatic heterocycles. The molecule has 0 aliphatic heterocycles. The van der Waals surface area contributed by atoms with Crippen LogP contribution < -0.4 is 0 Å². The zero-order valence-corrected chi connectivity index (χ0v) is 19.6. The molecule has 0 heterocycles. The molecule has 0 unspecified atom stereocenters. The maximum Gasteiger partial charge on any atom is 0.310 e. The lowest BCUT2D eigenvalue weighted by Gasteiger charge is -2.41. The summed E-state index contributed by atoms with van der Waals surface area (Å²) in [6, 6.07) is 3.66. The lowest BCUT2D eigenvalue weighted by atomic mass is 9.68. The van der Waals surface area contributed by atoms with Crippen molar-refractivity contribution in [1.29, 1.82) is 0 Å². The molecule has 1 aromatic rings. The maximum atomic E-state index is 12.9. The Hall–Kier alpha value is -1.13. The first kappa shape index (κ1) is 36.4. The number of rotatable bonds is 6. The SMILES string of the molecule is CCCCC1CCC(C2CCC(c3ccc(S(F)(F)(F)(F)F)cc3)CC2)CC1.F.F.F.F.F. The van der Waals surface area contributed by atoms with Crippen molar-refractivity contribution in [1.82, 2.24) is 0 Å². The van der Waals surface area contributed by atoms with E-state index < -0.39 is 15.1 Å². The van der Waals surface area contributed by atoms with Gasteiger partial charge in [-0.05, 0) is 79.9 Å². The van der Waals surface area contributed by atoms with Crippen molar-refractivity contribution in [2.75, 3.05) is 0 Å². The largest absolute Gasteiger partial charge is 0.310 e. The second kappa shape index (κ2) is 12.5. The summed E-state index contributed by atoms with van der Waals surface area (Å²) in [7, 11) is -9.56. The van der Waals surface area contributed by atoms with Gasteiger partial charge < -0.3 is 0 Å². The average Bonchev–Trinajstić information content (AvgIpc) is 2.65. The summed E-state index contributed by atoms with van der Waals surface area (Å²) in [4.78, 5) is -1.78. The first-order valence-corrected chi connectivity index (χ1v) is 12.8. The van der Waals surface area contributed by atoms with E-state index in [0.29, 0.717) is 12.1 Å². The van der Waals surface area contributed by atoms with Gasteiger partial charge in [0.05, 0.1) is 0 Å². The fourth-order valence-corrected chi connectivity index (χ4v) is 6.01. The fourth-order valence-electron chi connectivity index (χ4n) is 5.36. The lowest BCUT2D eigenvalue weighted by molar-refractivity contribution is 0.156. The minimum absolute atomic E-state index is 0. The first-order valence-electron chi connectivity index (χ1n) is 10.8. The molecular formula is C22H38F10S. The summed E-state index contributed by atoms with van der Waals surface area (Å²) in [6.07, 6.45) is 13.4. The van der Waals surface area contributed by atoms with E-state index in [0.717, 1.165) is 49.0 Å². The second-order valence-corrected chi connectivity index (χ2v) is 11.5. The summed E-state index contributed by atoms with van der Waals surface area (Å²) in [5, 5.41) is 0. The van der Waals surface area contributed by atoms with Gasteiger partial charge in [-0.3, -0.25) is 23.5 Å². The predicted octanol–water partition coefficient (Wildman–Crippen LogP) is 10.4. The van der Waals surface area contributed by atoms with Gasteiger partial charge in [-0.2, -0.15) is 0 Å². The molecule has 2 aliphatic rings. The van der Waals surface area contributed by atoms with Crippen molar-refractivity contribution in [2.24, 2.45) is 17.8 Å². The quantitative estimate of drug-likeness (QED) is 0.325. The van der Waals surface area contributed by atoms with Gasteiger partial charge in [0, 0.05) is 0 Å². The highest BCUT2D eigenvalue weighted by Gasteiger charge is 2.65. The van der Waals surface area contributed by atoms with Crippen LogP contribution in [-0.2, 0) is 0 Å². The third-order valence-corrected chi connectivity index (χ3v) is 8.26. The van der Waals surface area contributed by atoms with Crippen LogP contribution >= 0.6 is 10.2 Å². The molecule has 3 rings (SSSR count). The van der Waals surface area contributed by atoms with Gasteiger partial charge in [0.2, 0.25) is 0 Å². The van der Waals surface area contributed by atoms with Crippen molar-refractivity contribution in [2.45, 2.75) is 88.4 Å². The molecule has 11 heteroatoms. The van der Waals surface area contributed by atoms with Crippen molar-refractivity contribution in [3.8, 4) is 0 Å².